The van der Waals surface area contributed by atoms with E-state index in [1.54, 1.807) is 36.4 Å². The second-order valence-electron chi connectivity index (χ2n) is 5.54. The molecular formula is C19H13BrO5S. The summed E-state index contributed by atoms with van der Waals surface area (Å²) >= 11 is 3.25. The van der Waals surface area contributed by atoms with Gasteiger partial charge in [0.25, 0.3) is 10.1 Å². The number of allylic oxidation sites excluding steroid dienone is 5. The van der Waals surface area contributed by atoms with Gasteiger partial charge < -0.3 is 5.11 Å². The van der Waals surface area contributed by atoms with E-state index < -0.39 is 10.1 Å². The van der Waals surface area contributed by atoms with Crippen molar-refractivity contribution < 1.29 is 22.9 Å². The Morgan fingerprint density at radius 3 is 2.23 bits per heavy atom. The molecule has 0 spiro atoms. The van der Waals surface area contributed by atoms with Gasteiger partial charge in [-0.1, -0.05) is 36.4 Å². The van der Waals surface area contributed by atoms with Crippen LogP contribution in [0.1, 0.15) is 11.1 Å². The number of benzene rings is 2. The van der Waals surface area contributed by atoms with Crippen molar-refractivity contribution in [3.63, 3.8) is 0 Å². The van der Waals surface area contributed by atoms with Crippen molar-refractivity contribution in [3.8, 4) is 5.75 Å². The smallest absolute Gasteiger partial charge is 0.295 e. The van der Waals surface area contributed by atoms with Gasteiger partial charge in [0.05, 0.1) is 4.47 Å². The van der Waals surface area contributed by atoms with Gasteiger partial charge in [0.15, 0.2) is 5.78 Å². The average Bonchev–Trinajstić information content (AvgIpc) is 2.59. The fourth-order valence-corrected chi connectivity index (χ4v) is 3.74. The molecule has 5 nitrogen and oxygen atoms in total. The van der Waals surface area contributed by atoms with Crippen LogP contribution in [-0.4, -0.2) is 23.9 Å². The number of phenolic OH excluding ortho intramolecular Hbond substituents is 1. The maximum absolute atomic E-state index is 11.8. The maximum Gasteiger partial charge on any atom is 0.295 e. The highest BCUT2D eigenvalue weighted by Crippen LogP contribution is 2.36. The third-order valence-corrected chi connectivity index (χ3v) is 5.36. The van der Waals surface area contributed by atoms with Gasteiger partial charge in [-0.05, 0) is 63.0 Å². The minimum atomic E-state index is -4.46. The van der Waals surface area contributed by atoms with Crippen molar-refractivity contribution >= 4 is 37.4 Å². The van der Waals surface area contributed by atoms with E-state index in [-0.39, 0.29) is 22.0 Å². The molecular weight excluding hydrogens is 420 g/mol. The molecule has 26 heavy (non-hydrogen) atoms. The molecule has 0 saturated heterocycles. The summed E-state index contributed by atoms with van der Waals surface area (Å²) in [6.45, 7) is 0. The summed E-state index contributed by atoms with van der Waals surface area (Å²) in [6, 6.07) is 10.8. The quantitative estimate of drug-likeness (QED) is 0.717. The number of carbonyl (C=O) groups excluding carboxylic acids is 1. The number of aromatic hydroxyl groups is 1. The number of halogens is 1. The molecule has 7 heteroatoms. The average molecular weight is 433 g/mol. The Balaban J connectivity index is 2.36. The highest BCUT2D eigenvalue weighted by Gasteiger charge is 2.21. The summed E-state index contributed by atoms with van der Waals surface area (Å²) < 4.78 is 33.7. The molecule has 3 rings (SSSR count). The van der Waals surface area contributed by atoms with E-state index in [0.717, 1.165) is 0 Å². The highest BCUT2D eigenvalue weighted by molar-refractivity contribution is 9.10. The van der Waals surface area contributed by atoms with Gasteiger partial charge in [-0.2, -0.15) is 8.42 Å². The lowest BCUT2D eigenvalue weighted by molar-refractivity contribution is -0.110. The molecule has 132 valence electrons. The first kappa shape index (κ1) is 18.3. The van der Waals surface area contributed by atoms with Crippen LogP contribution in [0.15, 0.2) is 81.7 Å². The Labute approximate surface area is 158 Å². The molecule has 2 aromatic carbocycles. The van der Waals surface area contributed by atoms with Gasteiger partial charge in [-0.3, -0.25) is 9.35 Å². The van der Waals surface area contributed by atoms with E-state index in [1.807, 2.05) is 0 Å². The first-order chi connectivity index (χ1) is 12.3. The van der Waals surface area contributed by atoms with Crippen molar-refractivity contribution in [2.24, 2.45) is 0 Å². The second-order valence-corrected chi connectivity index (χ2v) is 7.78. The van der Waals surface area contributed by atoms with E-state index in [0.29, 0.717) is 21.2 Å². The molecule has 0 bridgehead atoms. The van der Waals surface area contributed by atoms with E-state index in [1.165, 1.54) is 30.4 Å². The summed E-state index contributed by atoms with van der Waals surface area (Å²) in [7, 11) is -4.46. The van der Waals surface area contributed by atoms with Crippen LogP contribution in [0.25, 0.3) is 5.57 Å². The molecule has 0 radical (unpaired) electrons. The lowest BCUT2D eigenvalue weighted by atomic mass is 9.91. The lowest BCUT2D eigenvalue weighted by Crippen LogP contribution is -2.05. The summed E-state index contributed by atoms with van der Waals surface area (Å²) in [5.74, 6) is -0.144. The molecule has 0 heterocycles. The van der Waals surface area contributed by atoms with Crippen molar-refractivity contribution in [2.75, 3.05) is 0 Å². The predicted octanol–water partition coefficient (Wildman–Crippen LogP) is 3.90. The maximum atomic E-state index is 11.8. The Morgan fingerprint density at radius 1 is 0.962 bits per heavy atom. The first-order valence-corrected chi connectivity index (χ1v) is 9.71. The zero-order valence-electron chi connectivity index (χ0n) is 13.3. The zero-order chi connectivity index (χ0) is 18.9. The number of ketones is 1. The third kappa shape index (κ3) is 3.70. The number of phenols is 1. The number of hydrogen-bond acceptors (Lipinski definition) is 4. The Bertz CT molecular complexity index is 1080. The minimum Gasteiger partial charge on any atom is -0.507 e. The topological polar surface area (TPSA) is 91.7 Å². The number of hydrogen-bond donors (Lipinski definition) is 2. The van der Waals surface area contributed by atoms with Crippen LogP contribution in [-0.2, 0) is 14.9 Å². The molecule has 2 N–H and O–H groups in total. The molecule has 0 atom stereocenters. The van der Waals surface area contributed by atoms with Gasteiger partial charge in [-0.25, -0.2) is 0 Å². The number of carbonyl (C=O) groups is 1. The zero-order valence-corrected chi connectivity index (χ0v) is 15.7. The van der Waals surface area contributed by atoms with Crippen LogP contribution >= 0.6 is 15.9 Å². The molecule has 2 aromatic rings. The monoisotopic (exact) mass is 432 g/mol. The molecule has 0 amide bonds. The molecule has 0 unspecified atom stereocenters. The molecule has 1 aliphatic carbocycles. The normalized spacial score (nSPS) is 13.9. The summed E-state index contributed by atoms with van der Waals surface area (Å²) in [5, 5.41) is 9.75. The molecule has 1 aliphatic rings. The summed E-state index contributed by atoms with van der Waals surface area (Å²) in [5.41, 5.74) is 1.98. The largest absolute Gasteiger partial charge is 0.507 e. The van der Waals surface area contributed by atoms with Gasteiger partial charge >= 0.3 is 0 Å². The molecule has 0 aliphatic heterocycles. The SMILES string of the molecule is O=C1C=CC(=C(c2ccc(O)c(Br)c2)c2ccccc2S(=O)(=O)O)C=C1. The molecule has 0 aromatic heterocycles. The molecule has 0 saturated carbocycles. The van der Waals surface area contributed by atoms with Crippen molar-refractivity contribution in [2.45, 2.75) is 4.90 Å². The lowest BCUT2D eigenvalue weighted by Gasteiger charge is -2.16. The second kappa shape index (κ2) is 7.03. The van der Waals surface area contributed by atoms with Crippen LogP contribution in [0.2, 0.25) is 0 Å². The van der Waals surface area contributed by atoms with Gasteiger partial charge in [0, 0.05) is 5.56 Å². The van der Waals surface area contributed by atoms with Crippen LogP contribution in [0.4, 0.5) is 0 Å². The number of rotatable bonds is 3. The van der Waals surface area contributed by atoms with Crippen LogP contribution < -0.4 is 0 Å². The fraction of sp³-hybridized carbons (Fsp3) is 0. The Hall–Kier alpha value is -2.48. The van der Waals surface area contributed by atoms with Gasteiger partial charge in [-0.15, -0.1) is 0 Å². The van der Waals surface area contributed by atoms with Crippen LogP contribution in [0.3, 0.4) is 0 Å². The van der Waals surface area contributed by atoms with E-state index in [4.69, 9.17) is 0 Å². The summed E-state index contributed by atoms with van der Waals surface area (Å²) in [4.78, 5) is 11.2. The minimum absolute atomic E-state index is 0.0334. The molecule has 0 fully saturated rings. The Morgan fingerprint density at radius 2 is 1.62 bits per heavy atom. The standard InChI is InChI=1S/C19H13BrO5S/c20-16-11-13(7-10-17(16)22)19(12-5-8-14(21)9-6-12)15-3-1-2-4-18(15)26(23,24)25/h1-11,22H,(H,23,24,25). The van der Waals surface area contributed by atoms with Gasteiger partial charge in [0.1, 0.15) is 10.6 Å². The van der Waals surface area contributed by atoms with E-state index >= 15 is 0 Å². The van der Waals surface area contributed by atoms with Gasteiger partial charge in [0.2, 0.25) is 0 Å². The third-order valence-electron chi connectivity index (χ3n) is 3.81. The Kier molecular flexibility index (Phi) is 4.95. The fourth-order valence-electron chi connectivity index (χ4n) is 2.66. The van der Waals surface area contributed by atoms with Crippen LogP contribution in [0, 0.1) is 0 Å². The van der Waals surface area contributed by atoms with E-state index in [9.17, 15) is 22.9 Å². The van der Waals surface area contributed by atoms with Crippen molar-refractivity contribution in [3.05, 3.63) is 87.9 Å². The highest BCUT2D eigenvalue weighted by atomic mass is 79.9. The van der Waals surface area contributed by atoms with Crippen molar-refractivity contribution in [1.82, 2.24) is 0 Å². The van der Waals surface area contributed by atoms with Crippen molar-refractivity contribution in [1.29, 1.82) is 0 Å². The van der Waals surface area contributed by atoms with E-state index in [2.05, 4.69) is 15.9 Å². The van der Waals surface area contributed by atoms with Crippen LogP contribution in [0.5, 0.6) is 5.75 Å². The predicted molar refractivity (Wildman–Crippen MR) is 101 cm³/mol. The first-order valence-electron chi connectivity index (χ1n) is 7.47. The summed E-state index contributed by atoms with van der Waals surface area (Å²) in [6.07, 6.45) is 5.92.